The molecular formula is C29H32Cl2FN3O4S. The monoisotopic (exact) mass is 607 g/mol. The molecule has 11 heteroatoms. The van der Waals surface area contributed by atoms with Crippen LogP contribution < -0.4 is 9.62 Å². The Morgan fingerprint density at radius 3 is 2.12 bits per heavy atom. The number of amides is 2. The van der Waals surface area contributed by atoms with E-state index in [-0.39, 0.29) is 23.7 Å². The lowest BCUT2D eigenvalue weighted by atomic mass is 10.0. The smallest absolute Gasteiger partial charge is 0.244 e. The predicted molar refractivity (Wildman–Crippen MR) is 157 cm³/mol. The third kappa shape index (κ3) is 8.68. The second kappa shape index (κ2) is 13.0. The lowest BCUT2D eigenvalue weighted by Gasteiger charge is -2.35. The van der Waals surface area contributed by atoms with Gasteiger partial charge < -0.3 is 10.2 Å². The van der Waals surface area contributed by atoms with Gasteiger partial charge in [0.15, 0.2) is 0 Å². The van der Waals surface area contributed by atoms with Crippen molar-refractivity contribution < 1.29 is 22.4 Å². The predicted octanol–water partition coefficient (Wildman–Crippen LogP) is 5.45. The van der Waals surface area contributed by atoms with E-state index >= 15 is 0 Å². The van der Waals surface area contributed by atoms with Crippen LogP contribution in [-0.2, 0) is 32.6 Å². The summed E-state index contributed by atoms with van der Waals surface area (Å²) in [6.45, 7) is 4.65. The maximum absolute atomic E-state index is 14.7. The standard InChI is InChI=1S/C29H32Cl2FN3O4S/c1-29(2,3)33-28(37)26(17-20-10-6-5-7-11-20)34(18-21-14-15-22(30)23(31)16-21)27(36)19-35(40(4,38)39)25-13-9-8-12-24(25)32/h5-16,26H,17-19H2,1-4H3,(H,33,37)/t26-/m1/s1. The van der Waals surface area contributed by atoms with Crippen molar-refractivity contribution in [3.8, 4) is 0 Å². The molecule has 1 atom stereocenters. The van der Waals surface area contributed by atoms with E-state index in [1.165, 1.54) is 23.1 Å². The van der Waals surface area contributed by atoms with Gasteiger partial charge in [-0.05, 0) is 56.2 Å². The molecule has 7 nitrogen and oxygen atoms in total. The number of para-hydroxylation sites is 1. The van der Waals surface area contributed by atoms with Gasteiger partial charge in [-0.1, -0.05) is 71.7 Å². The van der Waals surface area contributed by atoms with E-state index in [2.05, 4.69) is 5.32 Å². The van der Waals surface area contributed by atoms with Gasteiger partial charge in [-0.15, -0.1) is 0 Å². The number of nitrogens with zero attached hydrogens (tertiary/aromatic N) is 2. The van der Waals surface area contributed by atoms with Crippen molar-refractivity contribution >= 4 is 50.7 Å². The molecule has 0 bridgehead atoms. The van der Waals surface area contributed by atoms with E-state index in [1.54, 1.807) is 18.2 Å². The van der Waals surface area contributed by atoms with Crippen molar-refractivity contribution in [2.75, 3.05) is 17.1 Å². The first-order chi connectivity index (χ1) is 18.7. The maximum atomic E-state index is 14.7. The second-order valence-electron chi connectivity index (χ2n) is 10.4. The number of carbonyl (C=O) groups is 2. The van der Waals surface area contributed by atoms with Crippen LogP contribution in [0.2, 0.25) is 10.0 Å². The molecular weight excluding hydrogens is 576 g/mol. The summed E-state index contributed by atoms with van der Waals surface area (Å²) < 4.78 is 40.9. The van der Waals surface area contributed by atoms with Crippen LogP contribution in [0.4, 0.5) is 10.1 Å². The number of rotatable bonds is 10. The Morgan fingerprint density at radius 2 is 1.55 bits per heavy atom. The van der Waals surface area contributed by atoms with Crippen molar-refractivity contribution in [1.82, 2.24) is 10.2 Å². The fourth-order valence-electron chi connectivity index (χ4n) is 4.09. The zero-order chi connectivity index (χ0) is 29.7. The number of anilines is 1. The molecule has 1 N–H and O–H groups in total. The summed E-state index contributed by atoms with van der Waals surface area (Å²) in [5.41, 5.74) is 0.473. The summed E-state index contributed by atoms with van der Waals surface area (Å²) in [7, 11) is -4.08. The van der Waals surface area contributed by atoms with Crippen LogP contribution in [-0.4, -0.2) is 49.5 Å². The SMILES string of the molecule is CC(C)(C)NC(=O)[C@@H](Cc1ccccc1)N(Cc1ccc(Cl)c(Cl)c1)C(=O)CN(c1ccccc1F)S(C)(=O)=O. The average molecular weight is 609 g/mol. The average Bonchev–Trinajstić information content (AvgIpc) is 2.86. The minimum absolute atomic E-state index is 0.0837. The minimum atomic E-state index is -4.08. The number of nitrogens with one attached hydrogen (secondary N) is 1. The van der Waals surface area contributed by atoms with Gasteiger partial charge >= 0.3 is 0 Å². The molecule has 3 aromatic carbocycles. The van der Waals surface area contributed by atoms with Gasteiger partial charge in [0, 0.05) is 18.5 Å². The number of sulfonamides is 1. The first kappa shape index (κ1) is 31.4. The van der Waals surface area contributed by atoms with Crippen LogP contribution in [0.1, 0.15) is 31.9 Å². The zero-order valence-electron chi connectivity index (χ0n) is 22.7. The second-order valence-corrected chi connectivity index (χ2v) is 13.2. The number of hydrogen-bond donors (Lipinski definition) is 1. The van der Waals surface area contributed by atoms with Gasteiger partial charge in [0.2, 0.25) is 21.8 Å². The van der Waals surface area contributed by atoms with Crippen molar-refractivity contribution in [2.45, 2.75) is 45.3 Å². The lowest BCUT2D eigenvalue weighted by Crippen LogP contribution is -2.56. The molecule has 0 aliphatic rings. The summed E-state index contributed by atoms with van der Waals surface area (Å²) in [5, 5.41) is 3.51. The molecule has 40 heavy (non-hydrogen) atoms. The topological polar surface area (TPSA) is 86.8 Å². The summed E-state index contributed by atoms with van der Waals surface area (Å²) in [6, 6.07) is 18.2. The molecule has 0 aromatic heterocycles. The number of halogens is 3. The van der Waals surface area contributed by atoms with Crippen LogP contribution in [0.25, 0.3) is 0 Å². The van der Waals surface area contributed by atoms with Gasteiger partial charge in [0.25, 0.3) is 0 Å². The largest absolute Gasteiger partial charge is 0.350 e. The van der Waals surface area contributed by atoms with Crippen LogP contribution in [0.15, 0.2) is 72.8 Å². The molecule has 0 saturated heterocycles. The molecule has 0 aliphatic carbocycles. The van der Waals surface area contributed by atoms with Crippen LogP contribution in [0.3, 0.4) is 0 Å². The molecule has 0 unspecified atom stereocenters. The molecule has 214 valence electrons. The summed E-state index contributed by atoms with van der Waals surface area (Å²) in [4.78, 5) is 29.0. The highest BCUT2D eigenvalue weighted by Crippen LogP contribution is 2.26. The molecule has 3 rings (SSSR count). The normalized spacial score (nSPS) is 12.5. The van der Waals surface area contributed by atoms with Crippen LogP contribution in [0, 0.1) is 5.82 Å². The molecule has 0 radical (unpaired) electrons. The Kier molecular flexibility index (Phi) is 10.2. The molecule has 0 spiro atoms. The highest BCUT2D eigenvalue weighted by molar-refractivity contribution is 7.92. The van der Waals surface area contributed by atoms with Gasteiger partial charge in [0.05, 0.1) is 22.0 Å². The minimum Gasteiger partial charge on any atom is -0.350 e. The van der Waals surface area contributed by atoms with E-state index in [9.17, 15) is 22.4 Å². The molecule has 0 aliphatic heterocycles. The van der Waals surface area contributed by atoms with E-state index in [1.807, 2.05) is 51.1 Å². The van der Waals surface area contributed by atoms with Gasteiger partial charge in [-0.25, -0.2) is 12.8 Å². The maximum Gasteiger partial charge on any atom is 0.244 e. The highest BCUT2D eigenvalue weighted by atomic mass is 35.5. The van der Waals surface area contributed by atoms with E-state index in [0.29, 0.717) is 14.9 Å². The van der Waals surface area contributed by atoms with Crippen molar-refractivity contribution in [2.24, 2.45) is 0 Å². The summed E-state index contributed by atoms with van der Waals surface area (Å²) in [6.07, 6.45) is 1.04. The van der Waals surface area contributed by atoms with Crippen LogP contribution >= 0.6 is 23.2 Å². The molecule has 0 saturated carbocycles. The summed E-state index contributed by atoms with van der Waals surface area (Å²) in [5.74, 6) is -1.94. The van der Waals surface area contributed by atoms with E-state index in [0.717, 1.165) is 17.9 Å². The zero-order valence-corrected chi connectivity index (χ0v) is 25.0. The fraction of sp³-hybridized carbons (Fsp3) is 0.310. The van der Waals surface area contributed by atoms with Crippen LogP contribution in [0.5, 0.6) is 0 Å². The van der Waals surface area contributed by atoms with Crippen molar-refractivity contribution in [1.29, 1.82) is 0 Å². The third-order valence-corrected chi connectivity index (χ3v) is 7.77. The Morgan fingerprint density at radius 1 is 0.925 bits per heavy atom. The molecule has 3 aromatic rings. The Hall–Kier alpha value is -3.14. The van der Waals surface area contributed by atoms with Gasteiger partial charge in [0.1, 0.15) is 18.4 Å². The molecule has 0 fully saturated rings. The highest BCUT2D eigenvalue weighted by Gasteiger charge is 2.34. The Balaban J connectivity index is 2.10. The number of hydrogen-bond acceptors (Lipinski definition) is 4. The molecule has 2 amide bonds. The summed E-state index contributed by atoms with van der Waals surface area (Å²) >= 11 is 12.3. The Labute approximate surface area is 244 Å². The van der Waals surface area contributed by atoms with E-state index in [4.69, 9.17) is 23.2 Å². The number of benzene rings is 3. The van der Waals surface area contributed by atoms with Crippen molar-refractivity contribution in [3.05, 3.63) is 99.8 Å². The Bertz CT molecular complexity index is 1460. The van der Waals surface area contributed by atoms with Gasteiger partial charge in [-0.2, -0.15) is 0 Å². The third-order valence-electron chi connectivity index (χ3n) is 5.91. The van der Waals surface area contributed by atoms with E-state index < -0.39 is 45.8 Å². The fourth-order valence-corrected chi connectivity index (χ4v) is 5.26. The number of carbonyl (C=O) groups excluding carboxylic acids is 2. The first-order valence-corrected chi connectivity index (χ1v) is 15.1. The lowest BCUT2D eigenvalue weighted by molar-refractivity contribution is -0.140. The first-order valence-electron chi connectivity index (χ1n) is 12.5. The van der Waals surface area contributed by atoms with Gasteiger partial charge in [-0.3, -0.25) is 13.9 Å². The molecule has 0 heterocycles. The van der Waals surface area contributed by atoms with Crippen molar-refractivity contribution in [3.63, 3.8) is 0 Å². The quantitative estimate of drug-likeness (QED) is 0.332.